The number of hydrogen-bond acceptors (Lipinski definition) is 3. The maximum Gasteiger partial charge on any atom is 0.266 e. The fourth-order valence-electron chi connectivity index (χ4n) is 1.66. The van der Waals surface area contributed by atoms with Gasteiger partial charge < -0.3 is 4.98 Å². The Bertz CT molecular complexity index is 494. The molecule has 0 spiro atoms. The van der Waals surface area contributed by atoms with E-state index in [1.165, 1.54) is 6.07 Å². The zero-order valence-electron chi connectivity index (χ0n) is 7.46. The molecule has 4 heteroatoms. The molecule has 2 rings (SSSR count). The highest BCUT2D eigenvalue weighted by molar-refractivity contribution is 5.98. The first-order chi connectivity index (χ1) is 6.72. The summed E-state index contributed by atoms with van der Waals surface area (Å²) >= 11 is 0. The van der Waals surface area contributed by atoms with Gasteiger partial charge in [-0.15, -0.1) is 0 Å². The second kappa shape index (κ2) is 3.11. The highest BCUT2D eigenvalue weighted by atomic mass is 16.1. The minimum absolute atomic E-state index is 0.0130. The van der Waals surface area contributed by atoms with E-state index in [2.05, 4.69) is 4.98 Å². The van der Waals surface area contributed by atoms with Crippen molar-refractivity contribution in [2.45, 2.75) is 19.3 Å². The Morgan fingerprint density at radius 1 is 1.36 bits per heavy atom. The summed E-state index contributed by atoms with van der Waals surface area (Å²) in [6.07, 6.45) is 1.99. The van der Waals surface area contributed by atoms with Gasteiger partial charge >= 0.3 is 0 Å². The third-order valence-corrected chi connectivity index (χ3v) is 2.37. The maximum atomic E-state index is 11.4. The molecule has 0 bridgehead atoms. The number of fused-ring (bicyclic) bond motifs is 1. The van der Waals surface area contributed by atoms with Crippen molar-refractivity contribution >= 4 is 5.78 Å². The fraction of sp³-hybridized carbons (Fsp3) is 0.300. The quantitative estimate of drug-likeness (QED) is 0.653. The van der Waals surface area contributed by atoms with Gasteiger partial charge in [-0.1, -0.05) is 0 Å². The number of nitrogens with one attached hydrogen (secondary N) is 1. The lowest BCUT2D eigenvalue weighted by molar-refractivity contribution is 0.0971. The van der Waals surface area contributed by atoms with Crippen molar-refractivity contribution in [3.63, 3.8) is 0 Å². The molecule has 4 nitrogen and oxygen atoms in total. The number of carbonyl (C=O) groups is 1. The summed E-state index contributed by atoms with van der Waals surface area (Å²) in [5, 5.41) is 8.62. The first-order valence-electron chi connectivity index (χ1n) is 4.42. The van der Waals surface area contributed by atoms with Crippen molar-refractivity contribution in [3.8, 4) is 6.07 Å². The van der Waals surface area contributed by atoms with Crippen LogP contribution in [0.15, 0.2) is 10.9 Å². The number of nitriles is 1. The summed E-state index contributed by atoms with van der Waals surface area (Å²) in [5.41, 5.74) is 0.789. The number of aromatic amines is 1. The lowest BCUT2D eigenvalue weighted by Crippen LogP contribution is -2.20. The molecule has 0 fully saturated rings. The van der Waals surface area contributed by atoms with Gasteiger partial charge in [-0.05, 0) is 18.9 Å². The number of ketones is 1. The number of carbonyl (C=O) groups excluding carboxylic acids is 1. The van der Waals surface area contributed by atoms with E-state index >= 15 is 0 Å². The van der Waals surface area contributed by atoms with Crippen LogP contribution >= 0.6 is 0 Å². The van der Waals surface area contributed by atoms with Crippen LogP contribution in [0.3, 0.4) is 0 Å². The standard InChI is InChI=1S/C10H8N2O2/c11-5-6-4-7-8(12-10(6)14)2-1-3-9(7)13/h4H,1-3H2,(H,12,14). The number of aryl methyl sites for hydroxylation is 1. The smallest absolute Gasteiger partial charge is 0.266 e. The summed E-state index contributed by atoms with van der Waals surface area (Å²) in [7, 11) is 0. The topological polar surface area (TPSA) is 73.7 Å². The third-order valence-electron chi connectivity index (χ3n) is 2.37. The molecule has 1 heterocycles. The summed E-state index contributed by atoms with van der Waals surface area (Å²) in [6, 6.07) is 3.17. The molecule has 0 saturated heterocycles. The molecule has 1 aromatic rings. The van der Waals surface area contributed by atoms with Crippen LogP contribution in [0.25, 0.3) is 0 Å². The summed E-state index contributed by atoms with van der Waals surface area (Å²) in [6.45, 7) is 0. The number of pyridine rings is 1. The van der Waals surface area contributed by atoms with Crippen LogP contribution in [-0.2, 0) is 6.42 Å². The molecule has 1 aromatic heterocycles. The summed E-state index contributed by atoms with van der Waals surface area (Å²) in [4.78, 5) is 25.3. The Kier molecular flexibility index (Phi) is 1.93. The van der Waals surface area contributed by atoms with Gasteiger partial charge in [0.05, 0.1) is 0 Å². The first-order valence-corrected chi connectivity index (χ1v) is 4.42. The summed E-state index contributed by atoms with van der Waals surface area (Å²) in [5.74, 6) is 0.0130. The van der Waals surface area contributed by atoms with E-state index in [9.17, 15) is 9.59 Å². The molecule has 0 saturated carbocycles. The van der Waals surface area contributed by atoms with E-state index in [0.717, 1.165) is 6.42 Å². The Morgan fingerprint density at radius 3 is 2.86 bits per heavy atom. The van der Waals surface area contributed by atoms with E-state index in [1.807, 2.05) is 0 Å². The Morgan fingerprint density at radius 2 is 2.14 bits per heavy atom. The lowest BCUT2D eigenvalue weighted by Gasteiger charge is -2.13. The monoisotopic (exact) mass is 188 g/mol. The third kappa shape index (κ3) is 1.23. The van der Waals surface area contributed by atoms with Crippen LogP contribution < -0.4 is 5.56 Å². The molecular formula is C10H8N2O2. The molecule has 0 aliphatic heterocycles. The number of H-pyrrole nitrogens is 1. The van der Waals surface area contributed by atoms with Crippen molar-refractivity contribution in [3.05, 3.63) is 33.2 Å². The zero-order valence-corrected chi connectivity index (χ0v) is 7.46. The molecular weight excluding hydrogens is 180 g/mol. The Hall–Kier alpha value is -1.89. The van der Waals surface area contributed by atoms with Crippen molar-refractivity contribution in [1.82, 2.24) is 4.98 Å². The van der Waals surface area contributed by atoms with E-state index in [0.29, 0.717) is 24.1 Å². The van der Waals surface area contributed by atoms with E-state index in [1.54, 1.807) is 6.07 Å². The molecule has 0 atom stereocenters. The fourth-order valence-corrected chi connectivity index (χ4v) is 1.66. The van der Waals surface area contributed by atoms with E-state index in [4.69, 9.17) is 5.26 Å². The van der Waals surface area contributed by atoms with Crippen LogP contribution in [0.4, 0.5) is 0 Å². The van der Waals surface area contributed by atoms with Crippen LogP contribution in [0.1, 0.15) is 34.5 Å². The average Bonchev–Trinajstić information content (AvgIpc) is 2.17. The molecule has 0 aromatic carbocycles. The largest absolute Gasteiger partial charge is 0.324 e. The van der Waals surface area contributed by atoms with Gasteiger partial charge in [0.15, 0.2) is 5.78 Å². The molecule has 0 amide bonds. The molecule has 1 N–H and O–H groups in total. The Balaban J connectivity index is 2.68. The van der Waals surface area contributed by atoms with Gasteiger partial charge in [0.2, 0.25) is 0 Å². The van der Waals surface area contributed by atoms with Gasteiger partial charge in [0.1, 0.15) is 11.6 Å². The highest BCUT2D eigenvalue weighted by Gasteiger charge is 2.19. The Labute approximate surface area is 80.2 Å². The first kappa shape index (κ1) is 8.70. The van der Waals surface area contributed by atoms with Gasteiger partial charge in [0, 0.05) is 17.7 Å². The van der Waals surface area contributed by atoms with Gasteiger partial charge in [0.25, 0.3) is 5.56 Å². The van der Waals surface area contributed by atoms with E-state index in [-0.39, 0.29) is 11.3 Å². The molecule has 0 unspecified atom stereocenters. The molecule has 14 heavy (non-hydrogen) atoms. The predicted octanol–water partition coefficient (Wildman–Crippen LogP) is 0.766. The van der Waals surface area contributed by atoms with Crippen molar-refractivity contribution in [2.75, 3.05) is 0 Å². The van der Waals surface area contributed by atoms with Crippen molar-refractivity contribution in [1.29, 1.82) is 5.26 Å². The van der Waals surface area contributed by atoms with Crippen molar-refractivity contribution < 1.29 is 4.79 Å². The van der Waals surface area contributed by atoms with Gasteiger partial charge in [-0.25, -0.2) is 0 Å². The summed E-state index contributed by atoms with van der Waals surface area (Å²) < 4.78 is 0. The SMILES string of the molecule is N#Cc1cc2c([nH]c1=O)CCCC2=O. The second-order valence-electron chi connectivity index (χ2n) is 3.29. The normalized spacial score (nSPS) is 14.6. The second-order valence-corrected chi connectivity index (χ2v) is 3.29. The van der Waals surface area contributed by atoms with Crippen LogP contribution in [0, 0.1) is 11.3 Å². The predicted molar refractivity (Wildman–Crippen MR) is 49.0 cm³/mol. The number of nitrogens with zero attached hydrogens (tertiary/aromatic N) is 1. The zero-order chi connectivity index (χ0) is 10.1. The van der Waals surface area contributed by atoms with Crippen LogP contribution in [0.2, 0.25) is 0 Å². The highest BCUT2D eigenvalue weighted by Crippen LogP contribution is 2.18. The minimum atomic E-state index is -0.402. The van der Waals surface area contributed by atoms with Crippen molar-refractivity contribution in [2.24, 2.45) is 0 Å². The van der Waals surface area contributed by atoms with Crippen LogP contribution in [-0.4, -0.2) is 10.8 Å². The number of Topliss-reactive ketones (excluding diaryl/α,β-unsaturated/α-hetero) is 1. The number of aromatic nitrogens is 1. The maximum absolute atomic E-state index is 11.4. The average molecular weight is 188 g/mol. The molecule has 1 aliphatic carbocycles. The number of hydrogen-bond donors (Lipinski definition) is 1. The number of rotatable bonds is 0. The molecule has 0 radical (unpaired) electrons. The van der Waals surface area contributed by atoms with Crippen LogP contribution in [0.5, 0.6) is 0 Å². The minimum Gasteiger partial charge on any atom is -0.324 e. The molecule has 70 valence electrons. The lowest BCUT2D eigenvalue weighted by atomic mass is 9.94. The van der Waals surface area contributed by atoms with Gasteiger partial charge in [-0.3, -0.25) is 9.59 Å². The molecule has 1 aliphatic rings. The van der Waals surface area contributed by atoms with E-state index < -0.39 is 5.56 Å². The van der Waals surface area contributed by atoms with Gasteiger partial charge in [-0.2, -0.15) is 5.26 Å².